The van der Waals surface area contributed by atoms with Crippen LogP contribution in [0.2, 0.25) is 0 Å². The number of pyridine rings is 2. The first-order chi connectivity index (χ1) is 16.9. The van der Waals surface area contributed by atoms with E-state index in [2.05, 4.69) is 36.0 Å². The summed E-state index contributed by atoms with van der Waals surface area (Å²) in [6.07, 6.45) is 1.79. The largest absolute Gasteiger partial charge is 2.00 e. The van der Waals surface area contributed by atoms with E-state index in [4.69, 9.17) is 17.6 Å². The first kappa shape index (κ1) is 27.2. The van der Waals surface area contributed by atoms with E-state index in [-0.39, 0.29) is 26.5 Å². The Morgan fingerprint density at radius 3 is 1.94 bits per heavy atom. The summed E-state index contributed by atoms with van der Waals surface area (Å²) in [6, 6.07) is 33.5. The van der Waals surface area contributed by atoms with Crippen LogP contribution in [0.25, 0.3) is 11.4 Å². The molecule has 0 saturated carbocycles. The first-order valence-electron chi connectivity index (χ1n) is 11.4. The van der Waals surface area contributed by atoms with Crippen molar-refractivity contribution in [1.29, 1.82) is 0 Å². The number of anilines is 3. The summed E-state index contributed by atoms with van der Waals surface area (Å²) in [6.45, 7) is 6.38. The number of nitrogens with zero attached hydrogens (tertiary/aromatic N) is 5. The molecule has 0 radical (unpaired) electrons. The van der Waals surface area contributed by atoms with Gasteiger partial charge >= 0.3 is 21.1 Å². The maximum atomic E-state index is 4.87. The molecule has 3 aromatic heterocycles. The zero-order valence-electron chi connectivity index (χ0n) is 20.4. The molecule has 7 heteroatoms. The van der Waals surface area contributed by atoms with E-state index < -0.39 is 0 Å². The average Bonchev–Trinajstić information content (AvgIpc) is 3.38. The van der Waals surface area contributed by atoms with Gasteiger partial charge in [-0.1, -0.05) is 93.2 Å². The summed E-state index contributed by atoms with van der Waals surface area (Å²) in [5.41, 5.74) is 3.47. The Balaban J connectivity index is 0.000000391. The predicted molar refractivity (Wildman–Crippen MR) is 144 cm³/mol. The monoisotopic (exact) mass is 672 g/mol. The van der Waals surface area contributed by atoms with Crippen LogP contribution in [0, 0.1) is 0 Å². The molecule has 3 heterocycles. The van der Waals surface area contributed by atoms with E-state index in [0.29, 0.717) is 0 Å². The van der Waals surface area contributed by atoms with Crippen molar-refractivity contribution in [2.75, 3.05) is 4.90 Å². The number of para-hydroxylation sites is 1. The summed E-state index contributed by atoms with van der Waals surface area (Å²) >= 11 is 4.81. The van der Waals surface area contributed by atoms with Crippen molar-refractivity contribution in [2.24, 2.45) is 0 Å². The molecule has 0 bridgehead atoms. The van der Waals surface area contributed by atoms with Crippen LogP contribution in [0.4, 0.5) is 17.3 Å². The van der Waals surface area contributed by atoms with E-state index in [1.165, 1.54) is 0 Å². The van der Waals surface area contributed by atoms with Gasteiger partial charge in [0, 0.05) is 23.0 Å². The smallest absolute Gasteiger partial charge is 0.780 e. The Bertz CT molecular complexity index is 1300. The standard InChI is InChI=1S/C23H22N5.C6H6S.Pt/c1-23(2,3)20-16-19(26-27-20)18-12-9-14-22(25-18)28(17-10-5-4-6-11-17)21-13-7-8-15-24-21;7-6-4-2-1-3-5-6;/h4-16H,1-3H3;1-5,7H;/q-1;;+2/p-1. The third kappa shape index (κ3) is 7.09. The summed E-state index contributed by atoms with van der Waals surface area (Å²) < 4.78 is 0. The molecule has 0 spiro atoms. The van der Waals surface area contributed by atoms with Crippen LogP contribution >= 0.6 is 0 Å². The Labute approximate surface area is 232 Å². The summed E-state index contributed by atoms with van der Waals surface area (Å²) in [4.78, 5) is 12.3. The molecule has 36 heavy (non-hydrogen) atoms. The molecule has 184 valence electrons. The van der Waals surface area contributed by atoms with E-state index in [0.717, 1.165) is 39.3 Å². The van der Waals surface area contributed by atoms with Crippen LogP contribution in [0.15, 0.2) is 114 Å². The fourth-order valence-corrected chi connectivity index (χ4v) is 3.50. The van der Waals surface area contributed by atoms with Crippen LogP contribution < -0.4 is 10.00 Å². The molecule has 0 atom stereocenters. The molecule has 0 aliphatic carbocycles. The Hall–Kier alpha value is -3.34. The quantitative estimate of drug-likeness (QED) is 0.195. The second kappa shape index (κ2) is 12.6. The fourth-order valence-electron chi connectivity index (χ4n) is 3.34. The second-order valence-corrected chi connectivity index (χ2v) is 9.39. The van der Waals surface area contributed by atoms with E-state index in [1.54, 1.807) is 6.20 Å². The van der Waals surface area contributed by atoms with Crippen molar-refractivity contribution in [1.82, 2.24) is 20.2 Å². The van der Waals surface area contributed by atoms with Crippen molar-refractivity contribution in [3.63, 3.8) is 0 Å². The van der Waals surface area contributed by atoms with Gasteiger partial charge in [-0.3, -0.25) is 4.90 Å². The van der Waals surface area contributed by atoms with Crippen LogP contribution in [-0.2, 0) is 39.1 Å². The van der Waals surface area contributed by atoms with Gasteiger partial charge in [0.25, 0.3) is 0 Å². The van der Waals surface area contributed by atoms with Gasteiger partial charge in [-0.15, -0.1) is 0 Å². The maximum Gasteiger partial charge on any atom is 2.00 e. The Morgan fingerprint density at radius 2 is 1.39 bits per heavy atom. The van der Waals surface area contributed by atoms with E-state index >= 15 is 0 Å². The Morgan fingerprint density at radius 1 is 0.750 bits per heavy atom. The molecule has 5 aromatic rings. The van der Waals surface area contributed by atoms with Gasteiger partial charge in [0.05, 0.1) is 5.69 Å². The van der Waals surface area contributed by atoms with Crippen LogP contribution in [0.1, 0.15) is 26.5 Å². The number of rotatable bonds is 4. The minimum Gasteiger partial charge on any atom is -0.780 e. The first-order valence-corrected chi connectivity index (χ1v) is 11.8. The number of benzene rings is 2. The molecule has 5 nitrogen and oxygen atoms in total. The summed E-state index contributed by atoms with van der Waals surface area (Å²) in [5.74, 6) is 1.59. The third-order valence-corrected chi connectivity index (χ3v) is 5.44. The molecule has 0 fully saturated rings. The average molecular weight is 673 g/mol. The third-order valence-electron chi connectivity index (χ3n) is 5.17. The summed E-state index contributed by atoms with van der Waals surface area (Å²) in [5, 5.41) is 8.69. The second-order valence-electron chi connectivity index (χ2n) is 8.92. The van der Waals surface area contributed by atoms with E-state index in [9.17, 15) is 0 Å². The number of hydrogen-bond acceptors (Lipinski definition) is 5. The molecule has 0 amide bonds. The van der Waals surface area contributed by atoms with Gasteiger partial charge in [-0.25, -0.2) is 9.97 Å². The van der Waals surface area contributed by atoms with Crippen molar-refractivity contribution in [3.05, 3.63) is 115 Å². The van der Waals surface area contributed by atoms with Gasteiger partial charge in [0.15, 0.2) is 0 Å². The molecular weight excluding hydrogens is 645 g/mol. The molecule has 0 aliphatic heterocycles. The van der Waals surface area contributed by atoms with Gasteiger partial charge in [0.1, 0.15) is 11.6 Å². The van der Waals surface area contributed by atoms with Gasteiger partial charge in [-0.2, -0.15) is 4.90 Å². The number of hydrogen-bond donors (Lipinski definition) is 0. The van der Waals surface area contributed by atoms with Crippen molar-refractivity contribution in [2.45, 2.75) is 31.1 Å². The van der Waals surface area contributed by atoms with E-state index in [1.807, 2.05) is 108 Å². The molecule has 0 N–H and O–H groups in total. The minimum absolute atomic E-state index is 0. The molecule has 0 saturated heterocycles. The summed E-state index contributed by atoms with van der Waals surface area (Å²) in [7, 11) is 0. The fraction of sp³-hybridized carbons (Fsp3) is 0.138. The van der Waals surface area contributed by atoms with Gasteiger partial charge in [-0.05, 0) is 36.4 Å². The van der Waals surface area contributed by atoms with Crippen LogP contribution in [0.5, 0.6) is 0 Å². The predicted octanol–water partition coefficient (Wildman–Crippen LogP) is 6.85. The zero-order chi connectivity index (χ0) is 24.7. The molecular formula is C29H27N5PtS. The van der Waals surface area contributed by atoms with Crippen molar-refractivity contribution < 1.29 is 21.1 Å². The topological polar surface area (TPSA) is 56.0 Å². The van der Waals surface area contributed by atoms with Gasteiger partial charge < -0.3 is 22.8 Å². The van der Waals surface area contributed by atoms with Crippen molar-refractivity contribution >= 4 is 30.0 Å². The number of aromatic nitrogens is 4. The SMILES string of the molecule is CC(C)(C)c1cc(-c2cccc(N(c3ccccc3)c3ccccn3)n2)[n-]n1.[Pt+2].[S-]c1ccccc1. The van der Waals surface area contributed by atoms with Crippen LogP contribution in [0.3, 0.4) is 0 Å². The molecule has 5 rings (SSSR count). The Kier molecular flexibility index (Phi) is 9.51. The molecule has 0 aliphatic rings. The molecule has 0 unspecified atom stereocenters. The van der Waals surface area contributed by atoms with Gasteiger partial charge in [0.2, 0.25) is 0 Å². The van der Waals surface area contributed by atoms with Crippen molar-refractivity contribution in [3.8, 4) is 11.4 Å². The minimum atomic E-state index is -0.0487. The molecule has 2 aromatic carbocycles. The van der Waals surface area contributed by atoms with Crippen LogP contribution in [-0.4, -0.2) is 15.1 Å². The normalized spacial score (nSPS) is 10.5. The maximum absolute atomic E-state index is 4.87. The zero-order valence-corrected chi connectivity index (χ0v) is 23.4.